The van der Waals surface area contributed by atoms with Gasteiger partial charge >= 0.3 is 0 Å². The van der Waals surface area contributed by atoms with Gasteiger partial charge in [-0.15, -0.1) is 12.4 Å². The van der Waals surface area contributed by atoms with Gasteiger partial charge in [-0.3, -0.25) is 5.10 Å². The number of ether oxygens (including phenoxy) is 3. The van der Waals surface area contributed by atoms with E-state index in [1.807, 2.05) is 24.4 Å². The van der Waals surface area contributed by atoms with Gasteiger partial charge in [0.05, 0.1) is 18.5 Å². The van der Waals surface area contributed by atoms with Crippen molar-refractivity contribution in [2.45, 2.75) is 13.0 Å². The van der Waals surface area contributed by atoms with Gasteiger partial charge in [-0.05, 0) is 30.5 Å². The van der Waals surface area contributed by atoms with Crippen LogP contribution < -0.4 is 14.8 Å². The number of fused-ring (bicyclic) bond motifs is 1. The number of hydrogen-bond acceptors (Lipinski definition) is 5. The third-order valence-electron chi connectivity index (χ3n) is 4.15. The third kappa shape index (κ3) is 3.44. The predicted octanol–water partition coefficient (Wildman–Crippen LogP) is 2.35. The van der Waals surface area contributed by atoms with E-state index in [1.165, 1.54) is 0 Å². The van der Waals surface area contributed by atoms with E-state index >= 15 is 0 Å². The molecule has 2 aliphatic rings. The first-order valence-corrected chi connectivity index (χ1v) is 7.61. The summed E-state index contributed by atoms with van der Waals surface area (Å²) in [5.41, 5.74) is 3.23. The van der Waals surface area contributed by atoms with Crippen molar-refractivity contribution in [3.8, 4) is 22.8 Å². The Bertz CT molecular complexity index is 656. The maximum Gasteiger partial charge on any atom is 0.231 e. The fraction of sp³-hybridized carbons (Fsp3) is 0.438. The maximum atomic E-state index is 5.44. The molecule has 6 nitrogen and oxygen atoms in total. The van der Waals surface area contributed by atoms with E-state index in [-0.39, 0.29) is 12.4 Å². The van der Waals surface area contributed by atoms with Crippen molar-refractivity contribution in [1.82, 2.24) is 15.5 Å². The Morgan fingerprint density at radius 2 is 2.17 bits per heavy atom. The Morgan fingerprint density at radius 3 is 3.04 bits per heavy atom. The van der Waals surface area contributed by atoms with E-state index in [9.17, 15) is 0 Å². The van der Waals surface area contributed by atoms with Gasteiger partial charge in [0.2, 0.25) is 6.79 Å². The Kier molecular flexibility index (Phi) is 5.05. The van der Waals surface area contributed by atoms with Gasteiger partial charge in [-0.1, -0.05) is 0 Å². The fourth-order valence-corrected chi connectivity index (χ4v) is 2.90. The van der Waals surface area contributed by atoms with Crippen LogP contribution in [-0.2, 0) is 11.3 Å². The van der Waals surface area contributed by atoms with Crippen LogP contribution in [0.1, 0.15) is 12.0 Å². The number of nitrogens with one attached hydrogen (secondary N) is 2. The zero-order chi connectivity index (χ0) is 14.8. The zero-order valence-electron chi connectivity index (χ0n) is 12.7. The number of nitrogens with zero attached hydrogens (tertiary/aromatic N) is 1. The molecule has 7 heteroatoms. The smallest absolute Gasteiger partial charge is 0.231 e. The summed E-state index contributed by atoms with van der Waals surface area (Å²) in [6.45, 7) is 3.82. The molecule has 2 aromatic rings. The van der Waals surface area contributed by atoms with Crippen molar-refractivity contribution in [2.24, 2.45) is 5.92 Å². The fourth-order valence-electron chi connectivity index (χ4n) is 2.90. The van der Waals surface area contributed by atoms with Crippen LogP contribution in [0.25, 0.3) is 11.3 Å². The van der Waals surface area contributed by atoms with Crippen LogP contribution in [-0.4, -0.2) is 36.7 Å². The zero-order valence-corrected chi connectivity index (χ0v) is 13.5. The maximum absolute atomic E-state index is 5.44. The molecule has 2 N–H and O–H groups in total. The highest BCUT2D eigenvalue weighted by atomic mass is 35.5. The highest BCUT2D eigenvalue weighted by molar-refractivity contribution is 5.85. The van der Waals surface area contributed by atoms with Gasteiger partial charge in [0.1, 0.15) is 0 Å². The Balaban J connectivity index is 0.00000156. The second-order valence-electron chi connectivity index (χ2n) is 5.70. The SMILES string of the molecule is Cl.c1cc2c(cc1-c1[nH]ncc1CNCC1CCOC1)OCO2. The molecule has 124 valence electrons. The molecule has 1 saturated heterocycles. The largest absolute Gasteiger partial charge is 0.454 e. The van der Waals surface area contributed by atoms with E-state index in [0.29, 0.717) is 12.7 Å². The Hall–Kier alpha value is -1.76. The number of benzene rings is 1. The van der Waals surface area contributed by atoms with Crippen LogP contribution in [0, 0.1) is 5.92 Å². The summed E-state index contributed by atoms with van der Waals surface area (Å²) in [5, 5.41) is 10.8. The van der Waals surface area contributed by atoms with Crippen LogP contribution >= 0.6 is 12.4 Å². The first kappa shape index (κ1) is 16.1. The number of aromatic nitrogens is 2. The molecule has 1 unspecified atom stereocenters. The van der Waals surface area contributed by atoms with Gasteiger partial charge in [-0.2, -0.15) is 5.10 Å². The molecule has 2 aliphatic heterocycles. The second-order valence-corrected chi connectivity index (χ2v) is 5.70. The molecule has 0 spiro atoms. The van der Waals surface area contributed by atoms with Crippen molar-refractivity contribution >= 4 is 12.4 Å². The molecule has 1 aromatic carbocycles. The molecule has 1 fully saturated rings. The standard InChI is InChI=1S/C16H19N3O3.ClH/c1-2-14-15(22-10-21-14)5-12(1)16-13(8-18-19-16)7-17-6-11-3-4-20-9-11;/h1-2,5,8,11,17H,3-4,6-7,9-10H2,(H,18,19);1H. The van der Waals surface area contributed by atoms with Crippen molar-refractivity contribution < 1.29 is 14.2 Å². The summed E-state index contributed by atoms with van der Waals surface area (Å²) in [4.78, 5) is 0. The van der Waals surface area contributed by atoms with Crippen LogP contribution in [0.4, 0.5) is 0 Å². The van der Waals surface area contributed by atoms with Crippen LogP contribution in [0.15, 0.2) is 24.4 Å². The van der Waals surface area contributed by atoms with Crippen molar-refractivity contribution in [3.05, 3.63) is 30.0 Å². The molecule has 4 rings (SSSR count). The number of halogens is 1. The lowest BCUT2D eigenvalue weighted by molar-refractivity contribution is 0.174. The van der Waals surface area contributed by atoms with Gasteiger partial charge < -0.3 is 19.5 Å². The van der Waals surface area contributed by atoms with E-state index in [2.05, 4.69) is 15.5 Å². The summed E-state index contributed by atoms with van der Waals surface area (Å²) >= 11 is 0. The topological polar surface area (TPSA) is 68.4 Å². The highest BCUT2D eigenvalue weighted by Crippen LogP contribution is 2.36. The molecule has 0 amide bonds. The van der Waals surface area contributed by atoms with Crippen molar-refractivity contribution in [2.75, 3.05) is 26.6 Å². The minimum atomic E-state index is 0. The minimum absolute atomic E-state index is 0. The molecule has 0 aliphatic carbocycles. The summed E-state index contributed by atoms with van der Waals surface area (Å²) in [5.74, 6) is 2.21. The average molecular weight is 338 g/mol. The summed E-state index contributed by atoms with van der Waals surface area (Å²) in [7, 11) is 0. The van der Waals surface area contributed by atoms with E-state index in [1.54, 1.807) is 0 Å². The molecule has 0 radical (unpaired) electrons. The molecule has 23 heavy (non-hydrogen) atoms. The van der Waals surface area contributed by atoms with E-state index in [4.69, 9.17) is 14.2 Å². The molecule has 1 aromatic heterocycles. The Morgan fingerprint density at radius 1 is 1.26 bits per heavy atom. The first-order valence-electron chi connectivity index (χ1n) is 7.61. The van der Waals surface area contributed by atoms with Gasteiger partial charge in [0, 0.05) is 30.8 Å². The molecule has 0 saturated carbocycles. The summed E-state index contributed by atoms with van der Waals surface area (Å²) in [6.07, 6.45) is 3.02. The quantitative estimate of drug-likeness (QED) is 0.876. The molecular weight excluding hydrogens is 318 g/mol. The van der Waals surface area contributed by atoms with Gasteiger partial charge in [-0.25, -0.2) is 0 Å². The highest BCUT2D eigenvalue weighted by Gasteiger charge is 2.17. The number of rotatable bonds is 5. The molecular formula is C16H20ClN3O3. The number of hydrogen-bond donors (Lipinski definition) is 2. The summed E-state index contributed by atoms with van der Waals surface area (Å²) < 4.78 is 16.2. The van der Waals surface area contributed by atoms with E-state index < -0.39 is 0 Å². The van der Waals surface area contributed by atoms with Crippen LogP contribution in [0.2, 0.25) is 0 Å². The summed E-state index contributed by atoms with van der Waals surface area (Å²) in [6, 6.07) is 5.95. The average Bonchev–Trinajstić information content (AvgIpc) is 3.28. The van der Waals surface area contributed by atoms with Crippen molar-refractivity contribution in [3.63, 3.8) is 0 Å². The predicted molar refractivity (Wildman–Crippen MR) is 88.0 cm³/mol. The molecule has 3 heterocycles. The van der Waals surface area contributed by atoms with E-state index in [0.717, 1.165) is 61.0 Å². The Labute approximate surface area is 140 Å². The van der Waals surface area contributed by atoms with Crippen LogP contribution in [0.5, 0.6) is 11.5 Å². The minimum Gasteiger partial charge on any atom is -0.454 e. The monoisotopic (exact) mass is 337 g/mol. The van der Waals surface area contributed by atoms with Crippen LogP contribution in [0.3, 0.4) is 0 Å². The first-order chi connectivity index (χ1) is 10.9. The third-order valence-corrected chi connectivity index (χ3v) is 4.15. The lowest BCUT2D eigenvalue weighted by atomic mass is 10.1. The lowest BCUT2D eigenvalue weighted by Crippen LogP contribution is -2.22. The van der Waals surface area contributed by atoms with Crippen molar-refractivity contribution in [1.29, 1.82) is 0 Å². The lowest BCUT2D eigenvalue weighted by Gasteiger charge is -2.09. The second kappa shape index (κ2) is 7.21. The number of aromatic amines is 1. The van der Waals surface area contributed by atoms with Gasteiger partial charge in [0.15, 0.2) is 11.5 Å². The number of H-pyrrole nitrogens is 1. The normalized spacial score (nSPS) is 18.9. The van der Waals surface area contributed by atoms with Gasteiger partial charge in [0.25, 0.3) is 0 Å². The molecule has 0 bridgehead atoms. The molecule has 1 atom stereocenters.